The molecule has 15 heavy (non-hydrogen) atoms. The van der Waals surface area contributed by atoms with Gasteiger partial charge in [-0.2, -0.15) is 4.98 Å². The minimum atomic E-state index is 0.326. The maximum Gasteiger partial charge on any atom is 0.394 e. The Morgan fingerprint density at radius 1 is 1.40 bits per heavy atom. The van der Waals surface area contributed by atoms with Crippen molar-refractivity contribution in [2.75, 3.05) is 7.11 Å². The van der Waals surface area contributed by atoms with Crippen LogP contribution in [0.3, 0.4) is 0 Å². The molecule has 3 heteroatoms. The number of hydrogen-bond donors (Lipinski definition) is 0. The average Bonchev–Trinajstić information content (AvgIpc) is 2.58. The third kappa shape index (κ3) is 2.12. The molecule has 0 aliphatic heterocycles. The van der Waals surface area contributed by atoms with Crippen LogP contribution in [-0.2, 0) is 6.42 Å². The summed E-state index contributed by atoms with van der Waals surface area (Å²) in [6.45, 7) is 4.40. The number of aromatic nitrogens is 1. The zero-order chi connectivity index (χ0) is 10.8. The largest absolute Gasteiger partial charge is 0.453 e. The summed E-state index contributed by atoms with van der Waals surface area (Å²) in [5, 5.41) is 0. The van der Waals surface area contributed by atoms with E-state index in [1.165, 1.54) is 5.56 Å². The van der Waals surface area contributed by atoms with E-state index >= 15 is 0 Å². The highest BCUT2D eigenvalue weighted by Gasteiger charge is 2.06. The fraction of sp³-hybridized carbons (Fsp3) is 0.417. The minimum absolute atomic E-state index is 0.326. The van der Waals surface area contributed by atoms with Crippen LogP contribution >= 0.6 is 0 Å². The molecular weight excluding hydrogens is 190 g/mol. The zero-order valence-electron chi connectivity index (χ0n) is 9.28. The van der Waals surface area contributed by atoms with Crippen molar-refractivity contribution in [1.82, 2.24) is 4.98 Å². The Hall–Kier alpha value is -1.51. The summed E-state index contributed by atoms with van der Waals surface area (Å²) in [7, 11) is 1.56. The first-order chi connectivity index (χ1) is 7.19. The molecule has 1 heterocycles. The van der Waals surface area contributed by atoms with Crippen LogP contribution in [0.15, 0.2) is 22.6 Å². The topological polar surface area (TPSA) is 35.3 Å². The van der Waals surface area contributed by atoms with Crippen LogP contribution in [-0.4, -0.2) is 12.1 Å². The Labute approximate surface area is 89.1 Å². The Morgan fingerprint density at radius 2 is 2.20 bits per heavy atom. The SMILES string of the molecule is COc1nc2cc(CC(C)C)ccc2o1. The van der Waals surface area contributed by atoms with E-state index in [1.807, 2.05) is 6.07 Å². The number of ether oxygens (including phenoxy) is 1. The van der Waals surface area contributed by atoms with Gasteiger partial charge in [-0.25, -0.2) is 0 Å². The van der Waals surface area contributed by atoms with Gasteiger partial charge in [-0.1, -0.05) is 19.9 Å². The minimum Gasteiger partial charge on any atom is -0.453 e. The zero-order valence-corrected chi connectivity index (χ0v) is 9.28. The molecule has 0 radical (unpaired) electrons. The summed E-state index contributed by atoms with van der Waals surface area (Å²) in [5.41, 5.74) is 2.93. The average molecular weight is 205 g/mol. The van der Waals surface area contributed by atoms with Gasteiger partial charge in [0.1, 0.15) is 5.52 Å². The predicted molar refractivity (Wildman–Crippen MR) is 59.1 cm³/mol. The van der Waals surface area contributed by atoms with Crippen molar-refractivity contribution < 1.29 is 9.15 Å². The van der Waals surface area contributed by atoms with Gasteiger partial charge in [0.05, 0.1) is 7.11 Å². The molecule has 2 aromatic rings. The molecule has 0 bridgehead atoms. The molecule has 0 saturated heterocycles. The van der Waals surface area contributed by atoms with E-state index in [0.717, 1.165) is 17.5 Å². The van der Waals surface area contributed by atoms with Crippen LogP contribution in [0.1, 0.15) is 19.4 Å². The normalized spacial score (nSPS) is 11.2. The molecule has 0 amide bonds. The molecule has 0 unspecified atom stereocenters. The molecule has 1 aromatic carbocycles. The molecule has 0 aliphatic carbocycles. The number of benzene rings is 1. The van der Waals surface area contributed by atoms with Gasteiger partial charge in [0.15, 0.2) is 5.58 Å². The van der Waals surface area contributed by atoms with Crippen molar-refractivity contribution in [2.45, 2.75) is 20.3 Å². The first-order valence-corrected chi connectivity index (χ1v) is 5.12. The van der Waals surface area contributed by atoms with Crippen molar-refractivity contribution >= 4 is 11.1 Å². The maximum absolute atomic E-state index is 5.34. The van der Waals surface area contributed by atoms with E-state index < -0.39 is 0 Å². The van der Waals surface area contributed by atoms with Crippen molar-refractivity contribution in [3.8, 4) is 6.08 Å². The fourth-order valence-corrected chi connectivity index (χ4v) is 1.64. The lowest BCUT2D eigenvalue weighted by Crippen LogP contribution is -1.93. The smallest absolute Gasteiger partial charge is 0.394 e. The molecule has 1 aromatic heterocycles. The Bertz CT molecular complexity index is 460. The van der Waals surface area contributed by atoms with Gasteiger partial charge in [-0.15, -0.1) is 0 Å². The Kier molecular flexibility index (Phi) is 2.62. The van der Waals surface area contributed by atoms with Gasteiger partial charge in [0, 0.05) is 0 Å². The van der Waals surface area contributed by atoms with Crippen molar-refractivity contribution in [2.24, 2.45) is 5.92 Å². The molecule has 0 spiro atoms. The highest BCUT2D eigenvalue weighted by atomic mass is 16.6. The number of rotatable bonds is 3. The first kappa shape index (κ1) is 10.0. The second kappa shape index (κ2) is 3.93. The molecular formula is C12H15NO2. The number of hydrogen-bond acceptors (Lipinski definition) is 3. The van der Waals surface area contributed by atoms with Crippen LogP contribution in [0, 0.1) is 5.92 Å². The van der Waals surface area contributed by atoms with Crippen molar-refractivity contribution in [3.63, 3.8) is 0 Å². The third-order valence-corrected chi connectivity index (χ3v) is 2.25. The lowest BCUT2D eigenvalue weighted by Gasteiger charge is -2.03. The lowest BCUT2D eigenvalue weighted by molar-refractivity contribution is 0.299. The van der Waals surface area contributed by atoms with E-state index in [-0.39, 0.29) is 0 Å². The maximum atomic E-state index is 5.34. The van der Waals surface area contributed by atoms with Crippen molar-refractivity contribution in [3.05, 3.63) is 23.8 Å². The monoisotopic (exact) mass is 205 g/mol. The van der Waals surface area contributed by atoms with E-state index in [0.29, 0.717) is 12.0 Å². The predicted octanol–water partition coefficient (Wildman–Crippen LogP) is 3.03. The Balaban J connectivity index is 2.37. The van der Waals surface area contributed by atoms with Gasteiger partial charge < -0.3 is 9.15 Å². The van der Waals surface area contributed by atoms with Gasteiger partial charge in [0.2, 0.25) is 0 Å². The highest BCUT2D eigenvalue weighted by Crippen LogP contribution is 2.22. The molecule has 80 valence electrons. The van der Waals surface area contributed by atoms with E-state index in [1.54, 1.807) is 7.11 Å². The van der Waals surface area contributed by atoms with Gasteiger partial charge in [-0.05, 0) is 30.0 Å². The van der Waals surface area contributed by atoms with Crippen LogP contribution < -0.4 is 4.74 Å². The van der Waals surface area contributed by atoms with Crippen LogP contribution in [0.4, 0.5) is 0 Å². The van der Waals surface area contributed by atoms with Crippen LogP contribution in [0.25, 0.3) is 11.1 Å². The number of methoxy groups -OCH3 is 1. The molecule has 0 saturated carbocycles. The van der Waals surface area contributed by atoms with Gasteiger partial charge in [-0.3, -0.25) is 0 Å². The fourth-order valence-electron chi connectivity index (χ4n) is 1.64. The van der Waals surface area contributed by atoms with Crippen LogP contribution in [0.2, 0.25) is 0 Å². The number of oxazole rings is 1. The number of fused-ring (bicyclic) bond motifs is 1. The van der Waals surface area contributed by atoms with Gasteiger partial charge in [0.25, 0.3) is 0 Å². The lowest BCUT2D eigenvalue weighted by atomic mass is 10.0. The molecule has 0 atom stereocenters. The molecule has 0 aliphatic rings. The summed E-state index contributed by atoms with van der Waals surface area (Å²) in [5.74, 6) is 0.649. The summed E-state index contributed by atoms with van der Waals surface area (Å²) in [6, 6.07) is 6.08. The van der Waals surface area contributed by atoms with Crippen LogP contribution in [0.5, 0.6) is 6.08 Å². The van der Waals surface area contributed by atoms with E-state index in [4.69, 9.17) is 9.15 Å². The standard InChI is InChI=1S/C12H15NO2/c1-8(2)6-9-4-5-11-10(7-9)13-12(14-3)15-11/h4-5,7-8H,6H2,1-3H3. The molecule has 0 fully saturated rings. The number of nitrogens with zero attached hydrogens (tertiary/aromatic N) is 1. The second-order valence-electron chi connectivity index (χ2n) is 4.08. The highest BCUT2D eigenvalue weighted by molar-refractivity contribution is 5.73. The summed E-state index contributed by atoms with van der Waals surface area (Å²) < 4.78 is 10.3. The van der Waals surface area contributed by atoms with Gasteiger partial charge >= 0.3 is 6.08 Å². The Morgan fingerprint density at radius 3 is 2.87 bits per heavy atom. The summed E-state index contributed by atoms with van der Waals surface area (Å²) >= 11 is 0. The molecule has 2 rings (SSSR count). The molecule has 3 nitrogen and oxygen atoms in total. The summed E-state index contributed by atoms with van der Waals surface area (Å²) in [6.07, 6.45) is 1.39. The first-order valence-electron chi connectivity index (χ1n) is 5.12. The van der Waals surface area contributed by atoms with E-state index in [2.05, 4.69) is 31.0 Å². The molecule has 0 N–H and O–H groups in total. The second-order valence-corrected chi connectivity index (χ2v) is 4.08. The third-order valence-electron chi connectivity index (χ3n) is 2.25. The quantitative estimate of drug-likeness (QED) is 0.772. The van der Waals surface area contributed by atoms with Crippen molar-refractivity contribution in [1.29, 1.82) is 0 Å². The summed E-state index contributed by atoms with van der Waals surface area (Å²) in [4.78, 5) is 4.21. The van der Waals surface area contributed by atoms with E-state index in [9.17, 15) is 0 Å².